The van der Waals surface area contributed by atoms with Crippen LogP contribution in [0.3, 0.4) is 0 Å². The number of halogens is 1. The number of carbonyl (C=O) groups excluding carboxylic acids is 2. The van der Waals surface area contributed by atoms with E-state index in [9.17, 15) is 9.59 Å². The Labute approximate surface area is 152 Å². The van der Waals surface area contributed by atoms with Gasteiger partial charge in [0.1, 0.15) is 5.75 Å². The zero-order chi connectivity index (χ0) is 18.4. The number of rotatable bonds is 6. The Morgan fingerprint density at radius 1 is 1.04 bits per heavy atom. The van der Waals surface area contributed by atoms with E-state index in [1.807, 2.05) is 13.8 Å². The summed E-state index contributed by atoms with van der Waals surface area (Å²) in [7, 11) is 1.60. The van der Waals surface area contributed by atoms with Crippen molar-refractivity contribution in [1.82, 2.24) is 5.32 Å². The molecule has 0 fully saturated rings. The summed E-state index contributed by atoms with van der Waals surface area (Å²) < 4.78 is 5.52. The van der Waals surface area contributed by atoms with Gasteiger partial charge >= 0.3 is 0 Å². The number of ether oxygens (including phenoxy) is 1. The van der Waals surface area contributed by atoms with E-state index in [0.29, 0.717) is 22.9 Å². The van der Waals surface area contributed by atoms with Crippen molar-refractivity contribution < 1.29 is 14.3 Å². The molecular formula is C19H21ClN2O3. The predicted molar refractivity (Wildman–Crippen MR) is 99.3 cm³/mol. The molecule has 2 aromatic carbocycles. The quantitative estimate of drug-likeness (QED) is 0.830. The van der Waals surface area contributed by atoms with E-state index in [-0.39, 0.29) is 18.4 Å². The number of nitrogens with one attached hydrogen (secondary N) is 2. The third kappa shape index (κ3) is 5.50. The molecule has 0 bridgehead atoms. The maximum atomic E-state index is 12.0. The summed E-state index contributed by atoms with van der Waals surface area (Å²) >= 11 is 6.11. The van der Waals surface area contributed by atoms with Crippen molar-refractivity contribution in [3.63, 3.8) is 0 Å². The molecule has 2 aromatic rings. The molecule has 132 valence electrons. The van der Waals surface area contributed by atoms with Crippen LogP contribution in [-0.2, 0) is 16.0 Å². The average Bonchev–Trinajstić information content (AvgIpc) is 2.59. The van der Waals surface area contributed by atoms with Crippen LogP contribution in [0.15, 0.2) is 36.4 Å². The Hall–Kier alpha value is -2.53. The van der Waals surface area contributed by atoms with Crippen molar-refractivity contribution >= 4 is 29.1 Å². The number of hydrogen-bond donors (Lipinski definition) is 2. The van der Waals surface area contributed by atoms with Gasteiger partial charge in [0.15, 0.2) is 6.61 Å². The van der Waals surface area contributed by atoms with Gasteiger partial charge in [-0.3, -0.25) is 9.59 Å². The van der Waals surface area contributed by atoms with E-state index in [1.165, 1.54) is 0 Å². The summed E-state index contributed by atoms with van der Waals surface area (Å²) in [5.41, 5.74) is 3.34. The standard InChI is InChI=1S/C19H21ClN2O3/c1-12-8-16(9-13(2)19(12)20)25-11-18(24)22-15-6-4-14(5-7-15)10-17(23)21-3/h4-9H,10-11H2,1-3H3,(H,21,23)(H,22,24). The lowest BCUT2D eigenvalue weighted by atomic mass is 10.1. The Kier molecular flexibility index (Phi) is 6.42. The summed E-state index contributed by atoms with van der Waals surface area (Å²) in [6, 6.07) is 10.7. The monoisotopic (exact) mass is 360 g/mol. The molecule has 0 saturated heterocycles. The fourth-order valence-electron chi connectivity index (χ4n) is 2.32. The predicted octanol–water partition coefficient (Wildman–Crippen LogP) is 3.26. The first-order valence-corrected chi connectivity index (χ1v) is 8.25. The van der Waals surface area contributed by atoms with Crippen LogP contribution < -0.4 is 15.4 Å². The highest BCUT2D eigenvalue weighted by Crippen LogP contribution is 2.25. The van der Waals surface area contributed by atoms with Crippen LogP contribution in [0.2, 0.25) is 5.02 Å². The number of benzene rings is 2. The third-order valence-corrected chi connectivity index (χ3v) is 4.26. The Morgan fingerprint density at radius 2 is 1.64 bits per heavy atom. The molecule has 5 nitrogen and oxygen atoms in total. The molecule has 2 rings (SSSR count). The zero-order valence-corrected chi connectivity index (χ0v) is 15.2. The van der Waals surface area contributed by atoms with Crippen LogP contribution in [0, 0.1) is 13.8 Å². The van der Waals surface area contributed by atoms with Crippen LogP contribution in [-0.4, -0.2) is 25.5 Å². The van der Waals surface area contributed by atoms with Crippen molar-refractivity contribution in [2.75, 3.05) is 19.0 Å². The molecule has 0 aliphatic carbocycles. The van der Waals surface area contributed by atoms with Gasteiger partial charge in [-0.05, 0) is 54.8 Å². The van der Waals surface area contributed by atoms with Gasteiger partial charge in [0.05, 0.1) is 6.42 Å². The Balaban J connectivity index is 1.89. The minimum absolute atomic E-state index is 0.0567. The SMILES string of the molecule is CNC(=O)Cc1ccc(NC(=O)COc2cc(C)c(Cl)c(C)c2)cc1. The average molecular weight is 361 g/mol. The summed E-state index contributed by atoms with van der Waals surface area (Å²) in [6.45, 7) is 3.69. The van der Waals surface area contributed by atoms with Gasteiger partial charge in [0.25, 0.3) is 5.91 Å². The molecular weight excluding hydrogens is 340 g/mol. The van der Waals surface area contributed by atoms with Crippen LogP contribution in [0.4, 0.5) is 5.69 Å². The zero-order valence-electron chi connectivity index (χ0n) is 14.5. The summed E-state index contributed by atoms with van der Waals surface area (Å²) in [4.78, 5) is 23.3. The molecule has 0 saturated carbocycles. The molecule has 0 radical (unpaired) electrons. The molecule has 0 aliphatic heterocycles. The van der Waals surface area contributed by atoms with Gasteiger partial charge in [-0.1, -0.05) is 23.7 Å². The third-order valence-electron chi connectivity index (χ3n) is 3.66. The van der Waals surface area contributed by atoms with Crippen molar-refractivity contribution in [2.24, 2.45) is 0 Å². The van der Waals surface area contributed by atoms with Gasteiger partial charge in [0.2, 0.25) is 5.91 Å². The van der Waals surface area contributed by atoms with Crippen molar-refractivity contribution in [1.29, 1.82) is 0 Å². The van der Waals surface area contributed by atoms with E-state index in [0.717, 1.165) is 16.7 Å². The summed E-state index contributed by atoms with van der Waals surface area (Å²) in [5.74, 6) is 0.290. The number of hydrogen-bond acceptors (Lipinski definition) is 3. The summed E-state index contributed by atoms with van der Waals surface area (Å²) in [6.07, 6.45) is 0.309. The molecule has 0 atom stereocenters. The highest BCUT2D eigenvalue weighted by atomic mass is 35.5. The van der Waals surface area contributed by atoms with E-state index in [2.05, 4.69) is 10.6 Å². The van der Waals surface area contributed by atoms with Gasteiger partial charge in [-0.25, -0.2) is 0 Å². The maximum Gasteiger partial charge on any atom is 0.262 e. The smallest absolute Gasteiger partial charge is 0.262 e. The molecule has 2 N–H and O–H groups in total. The van der Waals surface area contributed by atoms with Gasteiger partial charge in [-0.15, -0.1) is 0 Å². The van der Waals surface area contributed by atoms with Crippen molar-refractivity contribution in [3.05, 3.63) is 58.1 Å². The molecule has 2 amide bonds. The normalized spacial score (nSPS) is 10.2. The molecule has 25 heavy (non-hydrogen) atoms. The van der Waals surface area contributed by atoms with Gasteiger partial charge < -0.3 is 15.4 Å². The van der Waals surface area contributed by atoms with Gasteiger partial charge in [-0.2, -0.15) is 0 Å². The number of carbonyl (C=O) groups is 2. The second-order valence-corrected chi connectivity index (χ2v) is 6.13. The van der Waals surface area contributed by atoms with Gasteiger partial charge in [0, 0.05) is 17.8 Å². The second kappa shape index (κ2) is 8.53. The first kappa shape index (κ1) is 18.8. The van der Waals surface area contributed by atoms with E-state index >= 15 is 0 Å². The second-order valence-electron chi connectivity index (χ2n) is 5.75. The first-order chi connectivity index (χ1) is 11.9. The lowest BCUT2D eigenvalue weighted by Crippen LogP contribution is -2.21. The fourth-order valence-corrected chi connectivity index (χ4v) is 2.42. The van der Waals surface area contributed by atoms with Crippen LogP contribution in [0.25, 0.3) is 0 Å². The topological polar surface area (TPSA) is 67.4 Å². The molecule has 6 heteroatoms. The number of likely N-dealkylation sites (N-methyl/N-ethyl adjacent to an activating group) is 1. The summed E-state index contributed by atoms with van der Waals surface area (Å²) in [5, 5.41) is 6.03. The molecule has 0 spiro atoms. The van der Waals surface area contributed by atoms with Crippen molar-refractivity contribution in [3.8, 4) is 5.75 Å². The Morgan fingerprint density at radius 3 is 2.20 bits per heavy atom. The molecule has 0 heterocycles. The van der Waals surface area contributed by atoms with Crippen LogP contribution in [0.1, 0.15) is 16.7 Å². The van der Waals surface area contributed by atoms with E-state index in [4.69, 9.17) is 16.3 Å². The molecule has 0 aromatic heterocycles. The Bertz CT molecular complexity index is 750. The minimum atomic E-state index is -0.260. The highest BCUT2D eigenvalue weighted by molar-refractivity contribution is 6.32. The highest BCUT2D eigenvalue weighted by Gasteiger charge is 2.07. The minimum Gasteiger partial charge on any atom is -0.484 e. The van der Waals surface area contributed by atoms with E-state index in [1.54, 1.807) is 43.4 Å². The lowest BCUT2D eigenvalue weighted by molar-refractivity contribution is -0.120. The van der Waals surface area contributed by atoms with Crippen LogP contribution in [0.5, 0.6) is 5.75 Å². The number of aryl methyl sites for hydroxylation is 2. The fraction of sp³-hybridized carbons (Fsp3) is 0.263. The lowest BCUT2D eigenvalue weighted by Gasteiger charge is -2.10. The number of amides is 2. The maximum absolute atomic E-state index is 12.0. The van der Waals surface area contributed by atoms with Crippen molar-refractivity contribution in [2.45, 2.75) is 20.3 Å². The number of anilines is 1. The largest absolute Gasteiger partial charge is 0.484 e. The van der Waals surface area contributed by atoms with E-state index < -0.39 is 0 Å². The molecule has 0 aliphatic rings. The molecule has 0 unspecified atom stereocenters. The van der Waals surface area contributed by atoms with Crippen LogP contribution >= 0.6 is 11.6 Å². The first-order valence-electron chi connectivity index (χ1n) is 7.88.